The first kappa shape index (κ1) is 27.2. The van der Waals surface area contributed by atoms with Crippen molar-refractivity contribution in [3.05, 3.63) is 89.2 Å². The molecule has 1 saturated heterocycles. The van der Waals surface area contributed by atoms with Crippen LogP contribution in [0.3, 0.4) is 0 Å². The second-order valence-electron chi connectivity index (χ2n) is 8.85. The molecule has 4 aromatic rings. The van der Waals surface area contributed by atoms with Crippen LogP contribution in [0.1, 0.15) is 11.3 Å². The van der Waals surface area contributed by atoms with Gasteiger partial charge in [-0.2, -0.15) is 4.98 Å². The summed E-state index contributed by atoms with van der Waals surface area (Å²) in [5.74, 6) is 0.336. The average Bonchev–Trinajstić information content (AvgIpc) is 3.27. The topological polar surface area (TPSA) is 146 Å². The van der Waals surface area contributed by atoms with Crippen molar-refractivity contribution in [2.75, 3.05) is 30.4 Å². The van der Waals surface area contributed by atoms with Crippen molar-refractivity contribution in [2.45, 2.75) is 11.4 Å². The number of pyridine rings is 1. The van der Waals surface area contributed by atoms with E-state index in [1.807, 2.05) is 42.3 Å². The lowest BCUT2D eigenvalue weighted by Gasteiger charge is -2.19. The van der Waals surface area contributed by atoms with Crippen LogP contribution in [0.15, 0.2) is 82.9 Å². The molecule has 2 amide bonds. The van der Waals surface area contributed by atoms with E-state index in [2.05, 4.69) is 30.3 Å². The number of imide groups is 1. The van der Waals surface area contributed by atoms with Crippen LogP contribution in [-0.2, 0) is 21.4 Å². The van der Waals surface area contributed by atoms with Crippen LogP contribution < -0.4 is 20.3 Å². The van der Waals surface area contributed by atoms with Crippen molar-refractivity contribution in [2.24, 2.45) is 0 Å². The number of carbonyl (C=O) groups is 2. The molecule has 11 nitrogen and oxygen atoms in total. The molecule has 13 heteroatoms. The van der Waals surface area contributed by atoms with Crippen molar-refractivity contribution in [1.82, 2.24) is 25.0 Å². The van der Waals surface area contributed by atoms with Gasteiger partial charge in [-0.05, 0) is 35.5 Å². The molecule has 2 aromatic carbocycles. The molecule has 1 fully saturated rings. The Hall–Kier alpha value is -4.33. The molecule has 3 N–H and O–H groups in total. The SMILES string of the molecule is CN(Cc1ccccc1)c1cc(C=C2SC(=O)NC2=O)nc(NCCNS(=O)(=O)c2cccc3cnccc23)n1. The summed E-state index contributed by atoms with van der Waals surface area (Å²) in [6, 6.07) is 18.3. The number of hydrogen-bond donors (Lipinski definition) is 3. The number of hydrogen-bond acceptors (Lipinski definition) is 10. The van der Waals surface area contributed by atoms with Gasteiger partial charge < -0.3 is 10.2 Å². The average molecular weight is 576 g/mol. The summed E-state index contributed by atoms with van der Waals surface area (Å²) < 4.78 is 28.6. The molecule has 5 rings (SSSR count). The molecule has 0 aliphatic carbocycles. The van der Waals surface area contributed by atoms with E-state index in [4.69, 9.17) is 0 Å². The van der Waals surface area contributed by atoms with Crippen LogP contribution in [0, 0.1) is 0 Å². The highest BCUT2D eigenvalue weighted by atomic mass is 32.2. The Balaban J connectivity index is 1.32. The van der Waals surface area contributed by atoms with Crippen LogP contribution in [0.4, 0.5) is 16.6 Å². The standard InChI is InChI=1S/C27H25N7O4S2/c1-34(17-18-6-3-2-4-7-18)24-15-20(14-22-25(35)33-27(36)39-22)31-26(32-24)29-12-13-30-40(37,38)23-9-5-8-19-16-28-11-10-21(19)23/h2-11,14-16,30H,12-13,17H2,1H3,(H,29,31,32)(H,33,35,36). The number of aromatic nitrogens is 3. The van der Waals surface area contributed by atoms with Crippen LogP contribution in [0.2, 0.25) is 0 Å². The van der Waals surface area contributed by atoms with Gasteiger partial charge in [-0.1, -0.05) is 42.5 Å². The summed E-state index contributed by atoms with van der Waals surface area (Å²) in [5.41, 5.74) is 1.50. The van der Waals surface area contributed by atoms with Gasteiger partial charge in [0.25, 0.3) is 11.1 Å². The molecule has 0 bridgehead atoms. The van der Waals surface area contributed by atoms with Crippen LogP contribution in [-0.4, -0.2) is 54.7 Å². The summed E-state index contributed by atoms with van der Waals surface area (Å²) in [4.78, 5) is 39.1. The highest BCUT2D eigenvalue weighted by molar-refractivity contribution is 8.18. The minimum Gasteiger partial charge on any atom is -0.355 e. The van der Waals surface area contributed by atoms with Crippen LogP contribution in [0.25, 0.3) is 16.8 Å². The van der Waals surface area contributed by atoms with Crippen molar-refractivity contribution in [1.29, 1.82) is 0 Å². The molecule has 0 saturated carbocycles. The predicted molar refractivity (Wildman–Crippen MR) is 155 cm³/mol. The Morgan fingerprint density at radius 1 is 1.02 bits per heavy atom. The van der Waals surface area contributed by atoms with Gasteiger partial charge >= 0.3 is 0 Å². The Bertz CT molecular complexity index is 1710. The molecule has 3 heterocycles. The van der Waals surface area contributed by atoms with Crippen LogP contribution in [0.5, 0.6) is 0 Å². The van der Waals surface area contributed by atoms with Crippen molar-refractivity contribution in [3.8, 4) is 0 Å². The fourth-order valence-electron chi connectivity index (χ4n) is 4.06. The first-order chi connectivity index (χ1) is 19.3. The lowest BCUT2D eigenvalue weighted by Crippen LogP contribution is -2.29. The van der Waals surface area contributed by atoms with Crippen molar-refractivity contribution >= 4 is 61.5 Å². The zero-order valence-electron chi connectivity index (χ0n) is 21.4. The van der Waals surface area contributed by atoms with E-state index in [1.165, 1.54) is 6.08 Å². The zero-order chi connectivity index (χ0) is 28.1. The summed E-state index contributed by atoms with van der Waals surface area (Å²) in [5, 5.41) is 6.16. The van der Waals surface area contributed by atoms with E-state index < -0.39 is 21.2 Å². The number of thioether (sulfide) groups is 1. The fraction of sp³-hybridized carbons (Fsp3) is 0.148. The Kier molecular flexibility index (Phi) is 8.05. The van der Waals surface area contributed by atoms with E-state index in [9.17, 15) is 18.0 Å². The molecule has 1 aliphatic rings. The minimum atomic E-state index is -3.79. The fourth-order valence-corrected chi connectivity index (χ4v) is 5.99. The number of carbonyl (C=O) groups excluding carboxylic acids is 2. The summed E-state index contributed by atoms with van der Waals surface area (Å²) in [6.07, 6.45) is 4.69. The number of fused-ring (bicyclic) bond motifs is 1. The third-order valence-electron chi connectivity index (χ3n) is 5.94. The van der Waals surface area contributed by atoms with Gasteiger partial charge in [0.1, 0.15) is 5.82 Å². The Labute approximate surface area is 235 Å². The van der Waals surface area contributed by atoms with Crippen molar-refractivity contribution in [3.63, 3.8) is 0 Å². The molecular formula is C27H25N7O4S2. The summed E-state index contributed by atoms with van der Waals surface area (Å²) in [6.45, 7) is 0.836. The van der Waals surface area contributed by atoms with Gasteiger partial charge in [0.05, 0.1) is 15.5 Å². The monoisotopic (exact) mass is 575 g/mol. The smallest absolute Gasteiger partial charge is 0.290 e. The number of amides is 2. The summed E-state index contributed by atoms with van der Waals surface area (Å²) >= 11 is 0.801. The molecule has 204 valence electrons. The van der Waals surface area contributed by atoms with Crippen molar-refractivity contribution < 1.29 is 18.0 Å². The lowest BCUT2D eigenvalue weighted by atomic mass is 10.2. The predicted octanol–water partition coefficient (Wildman–Crippen LogP) is 3.38. The van der Waals surface area contributed by atoms with E-state index in [1.54, 1.807) is 42.7 Å². The normalized spacial score (nSPS) is 14.5. The van der Waals surface area contributed by atoms with E-state index in [-0.39, 0.29) is 28.8 Å². The van der Waals surface area contributed by atoms with E-state index >= 15 is 0 Å². The number of sulfonamides is 1. The van der Waals surface area contributed by atoms with Gasteiger partial charge in [0.15, 0.2) is 0 Å². The van der Waals surface area contributed by atoms with Gasteiger partial charge in [-0.15, -0.1) is 0 Å². The maximum atomic E-state index is 13.0. The largest absolute Gasteiger partial charge is 0.355 e. The third-order valence-corrected chi connectivity index (χ3v) is 8.27. The van der Waals surface area contributed by atoms with Gasteiger partial charge in [-0.3, -0.25) is 19.9 Å². The second-order valence-corrected chi connectivity index (χ2v) is 11.6. The lowest BCUT2D eigenvalue weighted by molar-refractivity contribution is -0.115. The molecule has 0 spiro atoms. The molecule has 0 radical (unpaired) electrons. The highest BCUT2D eigenvalue weighted by Crippen LogP contribution is 2.27. The molecule has 2 aromatic heterocycles. The number of nitrogens with zero attached hydrogens (tertiary/aromatic N) is 4. The maximum absolute atomic E-state index is 13.0. The maximum Gasteiger partial charge on any atom is 0.290 e. The van der Waals surface area contributed by atoms with Crippen LogP contribution >= 0.6 is 11.8 Å². The van der Waals surface area contributed by atoms with E-state index in [0.717, 1.165) is 22.7 Å². The third kappa shape index (κ3) is 6.45. The van der Waals surface area contributed by atoms with Gasteiger partial charge in [0, 0.05) is 55.9 Å². The Morgan fingerprint density at radius 2 is 1.85 bits per heavy atom. The number of benzene rings is 2. The zero-order valence-corrected chi connectivity index (χ0v) is 23.0. The van der Waals surface area contributed by atoms with Gasteiger partial charge in [0.2, 0.25) is 16.0 Å². The van der Waals surface area contributed by atoms with E-state index in [0.29, 0.717) is 23.4 Å². The first-order valence-electron chi connectivity index (χ1n) is 12.2. The Morgan fingerprint density at radius 3 is 2.62 bits per heavy atom. The molecule has 0 atom stereocenters. The second kappa shape index (κ2) is 11.8. The minimum absolute atomic E-state index is 0.0699. The number of nitrogens with one attached hydrogen (secondary N) is 3. The molecule has 0 unspecified atom stereocenters. The number of anilines is 2. The molecule has 1 aliphatic heterocycles. The van der Waals surface area contributed by atoms with Gasteiger partial charge in [-0.25, -0.2) is 18.1 Å². The molecule has 40 heavy (non-hydrogen) atoms. The quantitative estimate of drug-likeness (QED) is 0.190. The number of rotatable bonds is 10. The first-order valence-corrected chi connectivity index (χ1v) is 14.5. The summed E-state index contributed by atoms with van der Waals surface area (Å²) in [7, 11) is -1.91. The molecular weight excluding hydrogens is 550 g/mol. The highest BCUT2D eigenvalue weighted by Gasteiger charge is 2.25.